The van der Waals surface area contributed by atoms with Gasteiger partial charge in [-0.25, -0.2) is 0 Å². The van der Waals surface area contributed by atoms with E-state index in [9.17, 15) is 17.7 Å². The number of hydrogen-bond acceptors (Lipinski definition) is 4. The fraction of sp³-hybridized carbons (Fsp3) is 0.478. The molecule has 0 aromatic heterocycles. The van der Waals surface area contributed by atoms with Crippen LogP contribution in [0.1, 0.15) is 47.9 Å². The summed E-state index contributed by atoms with van der Waals surface area (Å²) in [5.41, 5.74) is 2.49. The number of nitrogens with one attached hydrogen (secondary N) is 1. The van der Waals surface area contributed by atoms with Gasteiger partial charge >= 0.3 is 14.4 Å². The first-order valence-corrected chi connectivity index (χ1v) is 13.0. The molecular weight excluding hydrogens is 458 g/mol. The van der Waals surface area contributed by atoms with Crippen molar-refractivity contribution < 1.29 is 27.2 Å². The van der Waals surface area contributed by atoms with E-state index < -0.39 is 20.0 Å². The zero-order valence-electron chi connectivity index (χ0n) is 18.2. The van der Waals surface area contributed by atoms with Crippen LogP contribution in [0.5, 0.6) is 0 Å². The van der Waals surface area contributed by atoms with Gasteiger partial charge in [-0.05, 0) is 68.2 Å². The van der Waals surface area contributed by atoms with Crippen molar-refractivity contribution in [3.05, 3.63) is 64.7 Å². The minimum Gasteiger partial charge on any atom is -0.326 e. The first-order valence-electron chi connectivity index (χ1n) is 10.7. The number of benzene rings is 2. The maximum Gasteiger partial charge on any atom is 0.417 e. The highest BCUT2D eigenvalue weighted by Crippen LogP contribution is 2.37. The molecule has 0 radical (unpaired) electrons. The highest BCUT2D eigenvalue weighted by Gasteiger charge is 2.33. The Balaban J connectivity index is 1.76. The monoisotopic (exact) mass is 489 g/mol. The minimum atomic E-state index is -4.40. The third-order valence-corrected chi connectivity index (χ3v) is 6.50. The lowest BCUT2D eigenvalue weighted by Gasteiger charge is -2.15. The lowest BCUT2D eigenvalue weighted by Crippen LogP contribution is -2.17. The summed E-state index contributed by atoms with van der Waals surface area (Å²) in [5.74, 6) is 0.655. The maximum atomic E-state index is 13.5. The van der Waals surface area contributed by atoms with Gasteiger partial charge in [-0.1, -0.05) is 42.3 Å². The normalized spacial score (nSPS) is 12.8. The van der Waals surface area contributed by atoms with Crippen molar-refractivity contribution in [2.75, 3.05) is 18.9 Å². The largest absolute Gasteiger partial charge is 0.417 e. The van der Waals surface area contributed by atoms with Crippen LogP contribution in [0, 0.1) is 6.92 Å². The molecule has 2 aromatic rings. The zero-order valence-corrected chi connectivity index (χ0v) is 20.0. The van der Waals surface area contributed by atoms with Gasteiger partial charge in [0, 0.05) is 11.4 Å². The summed E-state index contributed by atoms with van der Waals surface area (Å²) in [5, 5.41) is 3.03. The Morgan fingerprint density at radius 2 is 1.75 bits per heavy atom. The first kappa shape index (κ1) is 26.9. The Morgan fingerprint density at radius 1 is 1.03 bits per heavy atom. The Labute approximate surface area is 192 Å². The fourth-order valence-electron chi connectivity index (χ4n) is 3.17. The minimum absolute atomic E-state index is 0.135. The molecule has 0 bridgehead atoms. The van der Waals surface area contributed by atoms with Crippen molar-refractivity contribution in [1.29, 1.82) is 0 Å². The van der Waals surface area contributed by atoms with E-state index in [0.717, 1.165) is 25.7 Å². The molecule has 32 heavy (non-hydrogen) atoms. The van der Waals surface area contributed by atoms with Crippen LogP contribution >= 0.6 is 20.0 Å². The number of rotatable bonds is 14. The second kappa shape index (κ2) is 14.1. The van der Waals surface area contributed by atoms with E-state index in [2.05, 4.69) is 41.0 Å². The Bertz CT molecular complexity index is 847. The smallest absolute Gasteiger partial charge is 0.326 e. The molecule has 0 aliphatic rings. The molecule has 178 valence electrons. The van der Waals surface area contributed by atoms with Crippen molar-refractivity contribution >= 4 is 20.0 Å². The van der Waals surface area contributed by atoms with Crippen molar-refractivity contribution in [2.45, 2.75) is 56.6 Å². The summed E-state index contributed by atoms with van der Waals surface area (Å²) < 4.78 is 55.6. The van der Waals surface area contributed by atoms with E-state index in [0.29, 0.717) is 30.8 Å². The van der Waals surface area contributed by atoms with Crippen LogP contribution in [0.25, 0.3) is 0 Å². The van der Waals surface area contributed by atoms with Crippen LogP contribution in [-0.4, -0.2) is 23.8 Å². The molecule has 0 aliphatic carbocycles. The summed E-state index contributed by atoms with van der Waals surface area (Å²) in [4.78, 5) is 8.84. The number of thioether (sulfide) groups is 1. The summed E-state index contributed by atoms with van der Waals surface area (Å²) in [6.45, 7) is 2.97. The lowest BCUT2D eigenvalue weighted by atomic mass is 10.1. The van der Waals surface area contributed by atoms with E-state index in [1.807, 2.05) is 0 Å². The molecular formula is C23H31F3NO3PS. The third kappa shape index (κ3) is 10.5. The van der Waals surface area contributed by atoms with E-state index >= 15 is 0 Å². The number of halogens is 3. The lowest BCUT2D eigenvalue weighted by molar-refractivity contribution is -0.139. The molecule has 1 atom stereocenters. The Hall–Kier alpha value is -1.31. The van der Waals surface area contributed by atoms with Gasteiger partial charge in [0.05, 0.1) is 12.2 Å². The predicted molar refractivity (Wildman–Crippen MR) is 124 cm³/mol. The predicted octanol–water partition coefficient (Wildman–Crippen LogP) is 6.40. The number of alkyl halides is 3. The number of hydrogen-bond donors (Lipinski definition) is 2. The van der Waals surface area contributed by atoms with Crippen LogP contribution in [0.3, 0.4) is 0 Å². The van der Waals surface area contributed by atoms with Crippen LogP contribution in [0.4, 0.5) is 13.2 Å². The van der Waals surface area contributed by atoms with Gasteiger partial charge in [-0.15, -0.1) is 11.8 Å². The second-order valence-electron chi connectivity index (χ2n) is 7.62. The van der Waals surface area contributed by atoms with Gasteiger partial charge in [0.2, 0.25) is 0 Å². The standard InChI is InChI=1S/C23H31F3NO3PS/c1-18-7-9-19(10-8-18)6-3-2-4-15-32-22-12-11-20(16-21(22)23(24,25)26)17-27-13-5-14-30-31(28)29/h7-12,16,27,31H,2-6,13-15,17H2,1H3,(H,28,29). The van der Waals surface area contributed by atoms with E-state index in [4.69, 9.17) is 4.89 Å². The van der Waals surface area contributed by atoms with Crippen molar-refractivity contribution in [3.8, 4) is 0 Å². The van der Waals surface area contributed by atoms with Crippen molar-refractivity contribution in [3.63, 3.8) is 0 Å². The molecule has 0 aliphatic heterocycles. The van der Waals surface area contributed by atoms with Crippen molar-refractivity contribution in [2.24, 2.45) is 0 Å². The highest BCUT2D eigenvalue weighted by atomic mass is 32.2. The molecule has 4 nitrogen and oxygen atoms in total. The van der Waals surface area contributed by atoms with E-state index in [1.54, 1.807) is 12.1 Å². The SMILES string of the molecule is Cc1ccc(CCCCCSc2ccc(CNCCCO[PH](=O)O)cc2C(F)(F)F)cc1. The molecule has 0 amide bonds. The Kier molecular flexibility index (Phi) is 11.8. The average Bonchev–Trinajstić information content (AvgIpc) is 2.74. The molecule has 0 saturated carbocycles. The van der Waals surface area contributed by atoms with Gasteiger partial charge in [0.25, 0.3) is 0 Å². The summed E-state index contributed by atoms with van der Waals surface area (Å²) in [6, 6.07) is 12.9. The molecule has 9 heteroatoms. The highest BCUT2D eigenvalue weighted by molar-refractivity contribution is 7.99. The first-order chi connectivity index (χ1) is 15.3. The summed E-state index contributed by atoms with van der Waals surface area (Å²) in [6.07, 6.45) is -0.0169. The van der Waals surface area contributed by atoms with E-state index in [1.165, 1.54) is 29.0 Å². The molecule has 1 unspecified atom stereocenters. The quantitative estimate of drug-likeness (QED) is 0.183. The van der Waals surface area contributed by atoms with Crippen molar-refractivity contribution in [1.82, 2.24) is 5.32 Å². The van der Waals surface area contributed by atoms with Crippen LogP contribution in [-0.2, 0) is 28.2 Å². The van der Waals surface area contributed by atoms with Gasteiger partial charge in [-0.2, -0.15) is 13.2 Å². The van der Waals surface area contributed by atoms with Gasteiger partial charge in [0.1, 0.15) is 0 Å². The topological polar surface area (TPSA) is 58.6 Å². The number of unbranched alkanes of at least 4 members (excludes halogenated alkanes) is 2. The van der Waals surface area contributed by atoms with Crippen LogP contribution in [0.2, 0.25) is 0 Å². The van der Waals surface area contributed by atoms with E-state index in [-0.39, 0.29) is 11.5 Å². The molecule has 0 spiro atoms. The van der Waals surface area contributed by atoms with Crippen LogP contribution < -0.4 is 5.32 Å². The number of aryl methyl sites for hydroxylation is 2. The fourth-order valence-corrected chi connectivity index (χ4v) is 4.55. The average molecular weight is 490 g/mol. The van der Waals surface area contributed by atoms with Gasteiger partial charge in [-0.3, -0.25) is 4.57 Å². The summed E-state index contributed by atoms with van der Waals surface area (Å²) in [7, 11) is -2.93. The Morgan fingerprint density at radius 3 is 2.44 bits per heavy atom. The molecule has 0 fully saturated rings. The second-order valence-corrected chi connectivity index (χ2v) is 9.57. The van der Waals surface area contributed by atoms with Gasteiger partial charge < -0.3 is 14.7 Å². The molecule has 2 rings (SSSR count). The van der Waals surface area contributed by atoms with Gasteiger partial charge in [0.15, 0.2) is 0 Å². The molecule has 2 N–H and O–H groups in total. The molecule has 0 heterocycles. The summed E-state index contributed by atoms with van der Waals surface area (Å²) >= 11 is 1.26. The zero-order chi connectivity index (χ0) is 23.4. The van der Waals surface area contributed by atoms with Crippen LogP contribution in [0.15, 0.2) is 47.4 Å². The molecule has 2 aromatic carbocycles. The molecule has 0 saturated heterocycles. The third-order valence-electron chi connectivity index (χ3n) is 4.89. The maximum absolute atomic E-state index is 13.5.